The number of esters is 1. The SMILES string of the molecule is CC[C@@H](C)c1ccccc1OC(=O)[C@@H]1CC(=O)N(c2ccc(OC)cc2)C1. The second-order valence-corrected chi connectivity index (χ2v) is 6.87. The van der Waals surface area contributed by atoms with Crippen LogP contribution >= 0.6 is 0 Å². The Morgan fingerprint density at radius 3 is 2.56 bits per heavy atom. The molecule has 0 saturated carbocycles. The van der Waals surface area contributed by atoms with Gasteiger partial charge >= 0.3 is 5.97 Å². The topological polar surface area (TPSA) is 55.8 Å². The Bertz CT molecular complexity index is 815. The number of hydrogen-bond acceptors (Lipinski definition) is 4. The molecule has 0 radical (unpaired) electrons. The van der Waals surface area contributed by atoms with E-state index in [0.29, 0.717) is 18.2 Å². The second-order valence-electron chi connectivity index (χ2n) is 6.87. The molecule has 1 fully saturated rings. The van der Waals surface area contributed by atoms with Crippen molar-refractivity contribution in [2.75, 3.05) is 18.6 Å². The highest BCUT2D eigenvalue weighted by atomic mass is 16.5. The zero-order valence-electron chi connectivity index (χ0n) is 16.0. The number of amides is 1. The number of ether oxygens (including phenoxy) is 2. The van der Waals surface area contributed by atoms with E-state index in [1.54, 1.807) is 24.1 Å². The lowest BCUT2D eigenvalue weighted by Gasteiger charge is -2.18. The maximum absolute atomic E-state index is 12.7. The molecule has 0 spiro atoms. The van der Waals surface area contributed by atoms with Crippen molar-refractivity contribution in [2.45, 2.75) is 32.6 Å². The minimum Gasteiger partial charge on any atom is -0.497 e. The molecule has 2 aromatic carbocycles. The highest BCUT2D eigenvalue weighted by Crippen LogP contribution is 2.31. The highest BCUT2D eigenvalue weighted by molar-refractivity contribution is 5.99. The fourth-order valence-corrected chi connectivity index (χ4v) is 3.27. The zero-order valence-corrected chi connectivity index (χ0v) is 16.0. The van der Waals surface area contributed by atoms with Crippen LogP contribution in [-0.2, 0) is 9.59 Å². The first-order valence-corrected chi connectivity index (χ1v) is 9.28. The average Bonchev–Trinajstić information content (AvgIpc) is 3.09. The smallest absolute Gasteiger partial charge is 0.316 e. The van der Waals surface area contributed by atoms with Crippen molar-refractivity contribution in [1.29, 1.82) is 0 Å². The van der Waals surface area contributed by atoms with Crippen LogP contribution in [0.4, 0.5) is 5.69 Å². The summed E-state index contributed by atoms with van der Waals surface area (Å²) >= 11 is 0. The maximum atomic E-state index is 12.7. The van der Waals surface area contributed by atoms with Gasteiger partial charge < -0.3 is 14.4 Å². The Labute approximate surface area is 159 Å². The molecular weight excluding hydrogens is 342 g/mol. The minimum absolute atomic E-state index is 0.0719. The van der Waals surface area contributed by atoms with E-state index >= 15 is 0 Å². The number of hydrogen-bond donors (Lipinski definition) is 0. The van der Waals surface area contributed by atoms with Crippen LogP contribution in [0.2, 0.25) is 0 Å². The molecule has 2 atom stereocenters. The van der Waals surface area contributed by atoms with Crippen molar-refractivity contribution in [3.8, 4) is 11.5 Å². The predicted octanol–water partition coefficient (Wildman–Crippen LogP) is 4.17. The Morgan fingerprint density at radius 1 is 1.19 bits per heavy atom. The first kappa shape index (κ1) is 19.0. The Balaban J connectivity index is 1.71. The van der Waals surface area contributed by atoms with Crippen LogP contribution in [0.1, 0.15) is 38.2 Å². The van der Waals surface area contributed by atoms with E-state index in [1.165, 1.54) is 0 Å². The van der Waals surface area contributed by atoms with E-state index in [1.807, 2.05) is 36.4 Å². The summed E-state index contributed by atoms with van der Waals surface area (Å²) in [5, 5.41) is 0. The van der Waals surface area contributed by atoms with Crippen molar-refractivity contribution in [3.05, 3.63) is 54.1 Å². The van der Waals surface area contributed by atoms with Gasteiger partial charge in [0.2, 0.25) is 5.91 Å². The van der Waals surface area contributed by atoms with Crippen molar-refractivity contribution >= 4 is 17.6 Å². The van der Waals surface area contributed by atoms with Crippen LogP contribution in [0.5, 0.6) is 11.5 Å². The molecule has 5 nitrogen and oxygen atoms in total. The van der Waals surface area contributed by atoms with E-state index in [2.05, 4.69) is 13.8 Å². The van der Waals surface area contributed by atoms with Crippen LogP contribution in [-0.4, -0.2) is 25.5 Å². The third-order valence-electron chi connectivity index (χ3n) is 5.12. The quantitative estimate of drug-likeness (QED) is 0.568. The molecule has 27 heavy (non-hydrogen) atoms. The highest BCUT2D eigenvalue weighted by Gasteiger charge is 2.36. The average molecular weight is 367 g/mol. The molecule has 0 N–H and O–H groups in total. The Hall–Kier alpha value is -2.82. The van der Waals surface area contributed by atoms with E-state index in [-0.39, 0.29) is 18.3 Å². The molecule has 1 aliphatic rings. The van der Waals surface area contributed by atoms with Gasteiger partial charge in [-0.15, -0.1) is 0 Å². The summed E-state index contributed by atoms with van der Waals surface area (Å²) in [6, 6.07) is 14.9. The van der Waals surface area contributed by atoms with Crippen LogP contribution in [0.15, 0.2) is 48.5 Å². The zero-order chi connectivity index (χ0) is 19.4. The molecule has 1 heterocycles. The molecule has 0 unspecified atom stereocenters. The fraction of sp³-hybridized carbons (Fsp3) is 0.364. The maximum Gasteiger partial charge on any atom is 0.316 e. The monoisotopic (exact) mass is 367 g/mol. The Kier molecular flexibility index (Phi) is 5.79. The van der Waals surface area contributed by atoms with Gasteiger partial charge in [0.1, 0.15) is 11.5 Å². The van der Waals surface area contributed by atoms with Gasteiger partial charge in [0.05, 0.1) is 13.0 Å². The van der Waals surface area contributed by atoms with E-state index in [9.17, 15) is 9.59 Å². The van der Waals surface area contributed by atoms with Gasteiger partial charge in [0.15, 0.2) is 0 Å². The molecule has 0 aromatic heterocycles. The van der Waals surface area contributed by atoms with E-state index in [4.69, 9.17) is 9.47 Å². The molecule has 1 aliphatic heterocycles. The van der Waals surface area contributed by atoms with Gasteiger partial charge in [0, 0.05) is 18.7 Å². The first-order valence-electron chi connectivity index (χ1n) is 9.28. The number of methoxy groups -OCH3 is 1. The number of benzene rings is 2. The number of nitrogens with zero attached hydrogens (tertiary/aromatic N) is 1. The largest absolute Gasteiger partial charge is 0.497 e. The molecular formula is C22H25NO4. The van der Waals surface area contributed by atoms with Crippen LogP contribution in [0.25, 0.3) is 0 Å². The summed E-state index contributed by atoms with van der Waals surface area (Å²) < 4.78 is 10.8. The van der Waals surface area contributed by atoms with Gasteiger partial charge in [-0.1, -0.05) is 32.0 Å². The molecule has 0 bridgehead atoms. The van der Waals surface area contributed by atoms with Crippen molar-refractivity contribution in [3.63, 3.8) is 0 Å². The third kappa shape index (κ3) is 4.13. The third-order valence-corrected chi connectivity index (χ3v) is 5.12. The second kappa shape index (κ2) is 8.25. The summed E-state index contributed by atoms with van der Waals surface area (Å²) in [7, 11) is 1.60. The molecule has 1 amide bonds. The lowest BCUT2D eigenvalue weighted by molar-refractivity contribution is -0.139. The molecule has 2 aromatic rings. The molecule has 1 saturated heterocycles. The van der Waals surface area contributed by atoms with Gasteiger partial charge in [-0.2, -0.15) is 0 Å². The molecule has 0 aliphatic carbocycles. The molecule has 5 heteroatoms. The van der Waals surface area contributed by atoms with Crippen molar-refractivity contribution in [1.82, 2.24) is 0 Å². The number of carbonyl (C=O) groups is 2. The number of rotatable bonds is 6. The summed E-state index contributed by atoms with van der Waals surface area (Å²) in [6.45, 7) is 4.54. The van der Waals surface area contributed by atoms with Crippen LogP contribution in [0.3, 0.4) is 0 Å². The summed E-state index contributed by atoms with van der Waals surface area (Å²) in [5.74, 6) is 0.724. The predicted molar refractivity (Wildman–Crippen MR) is 104 cm³/mol. The lowest BCUT2D eigenvalue weighted by atomic mass is 9.98. The number of para-hydroxylation sites is 1. The normalized spacial score (nSPS) is 17.7. The summed E-state index contributed by atoms with van der Waals surface area (Å²) in [5.41, 5.74) is 1.78. The van der Waals surface area contributed by atoms with Gasteiger partial charge in [-0.25, -0.2) is 0 Å². The summed E-state index contributed by atoms with van der Waals surface area (Å²) in [6.07, 6.45) is 1.12. The van der Waals surface area contributed by atoms with Gasteiger partial charge in [-0.05, 0) is 48.2 Å². The fourth-order valence-electron chi connectivity index (χ4n) is 3.27. The lowest BCUT2D eigenvalue weighted by Crippen LogP contribution is -2.27. The Morgan fingerprint density at radius 2 is 1.89 bits per heavy atom. The molecule has 3 rings (SSSR count). The summed E-state index contributed by atoms with van der Waals surface area (Å²) in [4.78, 5) is 26.7. The van der Waals surface area contributed by atoms with Crippen molar-refractivity contribution < 1.29 is 19.1 Å². The molecule has 142 valence electrons. The van der Waals surface area contributed by atoms with Gasteiger partial charge in [-0.3, -0.25) is 9.59 Å². The van der Waals surface area contributed by atoms with Gasteiger partial charge in [0.25, 0.3) is 0 Å². The van der Waals surface area contributed by atoms with Crippen molar-refractivity contribution in [2.24, 2.45) is 5.92 Å². The van der Waals surface area contributed by atoms with Crippen LogP contribution in [0, 0.1) is 5.92 Å². The standard InChI is InChI=1S/C22H25NO4/c1-4-15(2)19-7-5-6-8-20(19)27-22(25)16-13-21(24)23(14-16)17-9-11-18(26-3)12-10-17/h5-12,15-16H,4,13-14H2,1-3H3/t15-,16-/m1/s1. The minimum atomic E-state index is -0.468. The number of anilines is 1. The van der Waals surface area contributed by atoms with Crippen LogP contribution < -0.4 is 14.4 Å². The van der Waals surface area contributed by atoms with E-state index < -0.39 is 5.92 Å². The van der Waals surface area contributed by atoms with E-state index in [0.717, 1.165) is 23.4 Å². The first-order chi connectivity index (χ1) is 13.0. The number of carbonyl (C=O) groups excluding carboxylic acids is 2.